The van der Waals surface area contributed by atoms with Crippen molar-refractivity contribution in [3.05, 3.63) is 29.8 Å². The summed E-state index contributed by atoms with van der Waals surface area (Å²) in [6.45, 7) is 11.1. The van der Waals surface area contributed by atoms with Gasteiger partial charge in [-0.25, -0.2) is 19.8 Å². The molecule has 1 N–H and O–H groups in total. The first-order chi connectivity index (χ1) is 14.7. The van der Waals surface area contributed by atoms with Crippen LogP contribution in [0.1, 0.15) is 54.0 Å². The molecule has 1 rings (SSSR count). The van der Waals surface area contributed by atoms with Crippen molar-refractivity contribution in [1.29, 1.82) is 5.26 Å². The Morgan fingerprint density at radius 3 is 1.94 bits per heavy atom. The Labute approximate surface area is 188 Å². The van der Waals surface area contributed by atoms with Crippen LogP contribution in [0.2, 0.25) is 0 Å². The summed E-state index contributed by atoms with van der Waals surface area (Å²) >= 11 is 0. The summed E-state index contributed by atoms with van der Waals surface area (Å²) in [5, 5.41) is 10.7. The van der Waals surface area contributed by atoms with Crippen molar-refractivity contribution < 1.29 is 33.3 Å². The Kier molecular flexibility index (Phi) is 8.48. The second kappa shape index (κ2) is 10.2. The molecule has 176 valence electrons. The molecule has 1 aromatic carbocycles. The first kappa shape index (κ1) is 26.6. The molecule has 0 aliphatic heterocycles. The van der Waals surface area contributed by atoms with Crippen LogP contribution in [0.5, 0.6) is 5.75 Å². The average Bonchev–Trinajstić information content (AvgIpc) is 2.66. The van der Waals surface area contributed by atoms with Gasteiger partial charge in [0.25, 0.3) is 5.54 Å². The van der Waals surface area contributed by atoms with Gasteiger partial charge in [-0.2, -0.15) is 10.3 Å². The molecule has 32 heavy (non-hydrogen) atoms. The Balaban J connectivity index is 3.69. The first-order valence-corrected chi connectivity index (χ1v) is 9.96. The molecule has 1 atom stereocenters. The van der Waals surface area contributed by atoms with Crippen LogP contribution in [0.25, 0.3) is 0 Å². The molecule has 0 spiro atoms. The molecule has 0 aliphatic rings. The van der Waals surface area contributed by atoms with E-state index in [-0.39, 0.29) is 12.2 Å². The number of hydrogen-bond acceptors (Lipinski definition) is 8. The fourth-order valence-electron chi connectivity index (χ4n) is 2.53. The Morgan fingerprint density at radius 2 is 1.53 bits per heavy atom. The monoisotopic (exact) mass is 449 g/mol. The van der Waals surface area contributed by atoms with E-state index in [1.807, 2.05) is 6.07 Å². The van der Waals surface area contributed by atoms with Crippen molar-refractivity contribution >= 4 is 18.2 Å². The van der Waals surface area contributed by atoms with Crippen LogP contribution in [0.3, 0.4) is 0 Å². The van der Waals surface area contributed by atoms with E-state index in [0.717, 1.165) is 0 Å². The highest BCUT2D eigenvalue weighted by molar-refractivity contribution is 5.91. The van der Waals surface area contributed by atoms with Crippen molar-refractivity contribution in [3.8, 4) is 11.8 Å². The standard InChI is InChI=1S/C22H31N3O7/c1-9-30-17(26)22(14-23,15-10-12-16(29-8)13-11-15)25(19(28)32-21(5,6)7)24-18(27)31-20(2,3)4/h10-13H,9H2,1-8H3,(H,24,27). The largest absolute Gasteiger partial charge is 0.497 e. The maximum atomic E-state index is 13.1. The summed E-state index contributed by atoms with van der Waals surface area (Å²) in [5.74, 6) is -0.636. The topological polar surface area (TPSA) is 127 Å². The van der Waals surface area contributed by atoms with Crippen LogP contribution in [-0.4, -0.2) is 48.1 Å². The predicted molar refractivity (Wildman–Crippen MR) is 114 cm³/mol. The number of carbonyl (C=O) groups excluding carboxylic acids is 3. The van der Waals surface area contributed by atoms with E-state index in [1.54, 1.807) is 48.5 Å². The maximum absolute atomic E-state index is 13.1. The fourth-order valence-corrected chi connectivity index (χ4v) is 2.53. The number of esters is 1. The minimum Gasteiger partial charge on any atom is -0.497 e. The number of methoxy groups -OCH3 is 1. The van der Waals surface area contributed by atoms with E-state index < -0.39 is 34.9 Å². The van der Waals surface area contributed by atoms with Crippen molar-refractivity contribution in [3.63, 3.8) is 0 Å². The lowest BCUT2D eigenvalue weighted by Gasteiger charge is -2.37. The van der Waals surface area contributed by atoms with E-state index >= 15 is 0 Å². The summed E-state index contributed by atoms with van der Waals surface area (Å²) in [7, 11) is 1.45. The molecular weight excluding hydrogens is 418 g/mol. The third kappa shape index (κ3) is 6.77. The molecule has 0 bridgehead atoms. The number of nitrogens with one attached hydrogen (secondary N) is 1. The summed E-state index contributed by atoms with van der Waals surface area (Å²) in [6, 6.07) is 7.65. The normalized spacial score (nSPS) is 13.1. The Bertz CT molecular complexity index is 863. The van der Waals surface area contributed by atoms with E-state index in [1.165, 1.54) is 31.4 Å². The van der Waals surface area contributed by atoms with E-state index in [0.29, 0.717) is 10.8 Å². The molecule has 0 saturated carbocycles. The molecule has 2 amide bonds. The van der Waals surface area contributed by atoms with Crippen LogP contribution >= 0.6 is 0 Å². The minimum absolute atomic E-state index is 0.0427. The van der Waals surface area contributed by atoms with Crippen LogP contribution in [0, 0.1) is 11.3 Å². The molecule has 1 unspecified atom stereocenters. The van der Waals surface area contributed by atoms with Gasteiger partial charge in [-0.05, 0) is 60.6 Å². The van der Waals surface area contributed by atoms with Crippen molar-refractivity contribution in [2.24, 2.45) is 0 Å². The van der Waals surface area contributed by atoms with Gasteiger partial charge in [0.05, 0.1) is 13.7 Å². The highest BCUT2D eigenvalue weighted by Gasteiger charge is 2.53. The minimum atomic E-state index is -2.42. The second-order valence-corrected chi connectivity index (χ2v) is 8.70. The molecule has 0 radical (unpaired) electrons. The van der Waals surface area contributed by atoms with Gasteiger partial charge < -0.3 is 18.9 Å². The van der Waals surface area contributed by atoms with Gasteiger partial charge in [0.15, 0.2) is 0 Å². The molecule has 0 aromatic heterocycles. The zero-order chi connectivity index (χ0) is 24.7. The van der Waals surface area contributed by atoms with Crippen LogP contribution in [0.15, 0.2) is 24.3 Å². The van der Waals surface area contributed by atoms with Gasteiger partial charge in [-0.1, -0.05) is 12.1 Å². The molecular formula is C22H31N3O7. The quantitative estimate of drug-likeness (QED) is 0.410. The molecule has 0 aliphatic carbocycles. The number of hydrogen-bond donors (Lipinski definition) is 1. The van der Waals surface area contributed by atoms with Gasteiger partial charge in [0.2, 0.25) is 0 Å². The highest BCUT2D eigenvalue weighted by atomic mass is 16.6. The predicted octanol–water partition coefficient (Wildman–Crippen LogP) is 3.65. The van der Waals surface area contributed by atoms with Crippen LogP contribution < -0.4 is 10.2 Å². The summed E-state index contributed by atoms with van der Waals surface area (Å²) in [5.41, 5.74) is -2.09. The molecule has 10 nitrogen and oxygen atoms in total. The Hall–Kier alpha value is -3.48. The van der Waals surface area contributed by atoms with Crippen molar-refractivity contribution in [2.75, 3.05) is 13.7 Å². The lowest BCUT2D eigenvalue weighted by Crippen LogP contribution is -2.62. The number of nitrogens with zero attached hydrogens (tertiary/aromatic N) is 2. The van der Waals surface area contributed by atoms with Crippen molar-refractivity contribution in [2.45, 2.75) is 65.2 Å². The third-order valence-electron chi connectivity index (χ3n) is 3.75. The highest BCUT2D eigenvalue weighted by Crippen LogP contribution is 2.32. The number of ether oxygens (including phenoxy) is 4. The number of rotatable bonds is 5. The molecule has 1 aromatic rings. The third-order valence-corrected chi connectivity index (χ3v) is 3.75. The van der Waals surface area contributed by atoms with Gasteiger partial charge in [0, 0.05) is 5.56 Å². The molecule has 0 saturated heterocycles. The fraction of sp³-hybridized carbons (Fsp3) is 0.545. The number of nitriles is 1. The SMILES string of the molecule is CCOC(=O)C(C#N)(c1ccc(OC)cc1)N(NC(=O)OC(C)(C)C)C(=O)OC(C)(C)C. The summed E-state index contributed by atoms with van der Waals surface area (Å²) < 4.78 is 20.8. The molecule has 0 fully saturated rings. The maximum Gasteiger partial charge on any atom is 0.431 e. The van der Waals surface area contributed by atoms with E-state index in [9.17, 15) is 19.6 Å². The van der Waals surface area contributed by atoms with Gasteiger partial charge in [0.1, 0.15) is 23.0 Å². The van der Waals surface area contributed by atoms with Gasteiger partial charge >= 0.3 is 18.2 Å². The smallest absolute Gasteiger partial charge is 0.431 e. The zero-order valence-corrected chi connectivity index (χ0v) is 19.8. The summed E-state index contributed by atoms with van der Waals surface area (Å²) in [6.07, 6.45) is -2.23. The van der Waals surface area contributed by atoms with Gasteiger partial charge in [-0.15, -0.1) is 0 Å². The lowest BCUT2D eigenvalue weighted by atomic mass is 9.90. The van der Waals surface area contributed by atoms with Crippen molar-refractivity contribution in [1.82, 2.24) is 10.4 Å². The Morgan fingerprint density at radius 1 is 1.00 bits per heavy atom. The summed E-state index contributed by atoms with van der Waals surface area (Å²) in [4.78, 5) is 38.8. The van der Waals surface area contributed by atoms with E-state index in [2.05, 4.69) is 5.43 Å². The zero-order valence-electron chi connectivity index (χ0n) is 19.8. The number of amides is 2. The lowest BCUT2D eigenvalue weighted by molar-refractivity contribution is -0.156. The second-order valence-electron chi connectivity index (χ2n) is 8.70. The average molecular weight is 450 g/mol. The molecule has 0 heterocycles. The van der Waals surface area contributed by atoms with Crippen LogP contribution in [-0.2, 0) is 24.5 Å². The molecule has 10 heteroatoms. The van der Waals surface area contributed by atoms with Crippen LogP contribution in [0.4, 0.5) is 9.59 Å². The first-order valence-electron chi connectivity index (χ1n) is 9.96. The van der Waals surface area contributed by atoms with Gasteiger partial charge in [-0.3, -0.25) is 0 Å². The number of carbonyl (C=O) groups is 3. The van der Waals surface area contributed by atoms with E-state index in [4.69, 9.17) is 18.9 Å². The number of hydrazine groups is 1. The number of benzene rings is 1.